The van der Waals surface area contributed by atoms with E-state index in [1.54, 1.807) is 4.68 Å². The predicted octanol–water partition coefficient (Wildman–Crippen LogP) is 1.12. The Morgan fingerprint density at radius 1 is 1.56 bits per heavy atom. The Morgan fingerprint density at radius 2 is 2.28 bits per heavy atom. The molecular formula is C13H20N2O3. The zero-order valence-corrected chi connectivity index (χ0v) is 11.0. The molecule has 0 aliphatic carbocycles. The second kappa shape index (κ2) is 5.63. The summed E-state index contributed by atoms with van der Waals surface area (Å²) in [6.45, 7) is 3.65. The fourth-order valence-corrected chi connectivity index (χ4v) is 2.36. The van der Waals surface area contributed by atoms with Crippen molar-refractivity contribution in [3.63, 3.8) is 0 Å². The second-order valence-electron chi connectivity index (χ2n) is 4.62. The average Bonchev–Trinajstić information content (AvgIpc) is 2.76. The van der Waals surface area contributed by atoms with Crippen LogP contribution in [-0.4, -0.2) is 41.0 Å². The highest BCUT2D eigenvalue weighted by atomic mass is 16.5. The Labute approximate surface area is 107 Å². The van der Waals surface area contributed by atoms with E-state index in [9.17, 15) is 4.79 Å². The highest BCUT2D eigenvalue weighted by Gasteiger charge is 2.40. The van der Waals surface area contributed by atoms with E-state index in [4.69, 9.17) is 9.47 Å². The number of ketones is 1. The largest absolute Gasteiger partial charge is 0.381 e. The van der Waals surface area contributed by atoms with Gasteiger partial charge in [-0.15, -0.1) is 0 Å². The highest BCUT2D eigenvalue weighted by Crippen LogP contribution is 2.27. The van der Waals surface area contributed by atoms with Crippen molar-refractivity contribution >= 4 is 5.78 Å². The van der Waals surface area contributed by atoms with Crippen molar-refractivity contribution in [2.45, 2.75) is 31.8 Å². The zero-order chi connectivity index (χ0) is 13.0. The van der Waals surface area contributed by atoms with Crippen LogP contribution in [0.5, 0.6) is 0 Å². The molecule has 5 heteroatoms. The number of ether oxygens (including phenoxy) is 2. The van der Waals surface area contributed by atoms with E-state index in [-0.39, 0.29) is 5.78 Å². The molecule has 0 saturated carbocycles. The molecule has 1 aliphatic rings. The lowest BCUT2D eigenvalue weighted by molar-refractivity contribution is -0.156. The van der Waals surface area contributed by atoms with Gasteiger partial charge in [-0.2, -0.15) is 5.10 Å². The molecule has 1 fully saturated rings. The van der Waals surface area contributed by atoms with Gasteiger partial charge in [0.25, 0.3) is 0 Å². The van der Waals surface area contributed by atoms with Crippen molar-refractivity contribution in [3.8, 4) is 0 Å². The van der Waals surface area contributed by atoms with Crippen LogP contribution < -0.4 is 0 Å². The quantitative estimate of drug-likeness (QED) is 0.788. The third-order valence-electron chi connectivity index (χ3n) is 3.34. The normalized spacial score (nSPS) is 18.8. The molecule has 0 amide bonds. The molecule has 0 atom stereocenters. The Balaban J connectivity index is 2.08. The van der Waals surface area contributed by atoms with Crippen molar-refractivity contribution in [2.24, 2.45) is 7.05 Å². The lowest BCUT2D eigenvalue weighted by Crippen LogP contribution is -2.47. The first-order chi connectivity index (χ1) is 8.66. The van der Waals surface area contributed by atoms with Crippen molar-refractivity contribution in [1.29, 1.82) is 0 Å². The lowest BCUT2D eigenvalue weighted by Gasteiger charge is -2.35. The predicted molar refractivity (Wildman–Crippen MR) is 66.3 cm³/mol. The number of aromatic nitrogens is 2. The third-order valence-corrected chi connectivity index (χ3v) is 3.34. The van der Waals surface area contributed by atoms with E-state index in [1.807, 2.05) is 26.2 Å². The van der Waals surface area contributed by atoms with Crippen molar-refractivity contribution < 1.29 is 14.3 Å². The molecule has 0 spiro atoms. The first-order valence-corrected chi connectivity index (χ1v) is 6.40. The molecule has 18 heavy (non-hydrogen) atoms. The van der Waals surface area contributed by atoms with Crippen LogP contribution in [0.2, 0.25) is 0 Å². The molecule has 2 heterocycles. The van der Waals surface area contributed by atoms with Crippen LogP contribution in [0.4, 0.5) is 0 Å². The van der Waals surface area contributed by atoms with Crippen LogP contribution >= 0.6 is 0 Å². The Morgan fingerprint density at radius 3 is 2.83 bits per heavy atom. The maximum Gasteiger partial charge on any atom is 0.170 e. The molecule has 0 bridgehead atoms. The summed E-state index contributed by atoms with van der Waals surface area (Å²) in [5.74, 6) is 0.117. The molecule has 2 rings (SSSR count). The van der Waals surface area contributed by atoms with Crippen molar-refractivity contribution in [2.75, 3.05) is 19.8 Å². The number of nitrogens with zero attached hydrogens (tertiary/aromatic N) is 2. The molecule has 0 aromatic carbocycles. The summed E-state index contributed by atoms with van der Waals surface area (Å²) in [6.07, 6.45) is 3.47. The number of hydrogen-bond acceptors (Lipinski definition) is 4. The Kier molecular flexibility index (Phi) is 4.14. The third kappa shape index (κ3) is 2.79. The zero-order valence-electron chi connectivity index (χ0n) is 11.0. The van der Waals surface area contributed by atoms with E-state index in [2.05, 4.69) is 5.10 Å². The lowest BCUT2D eigenvalue weighted by atomic mass is 9.87. The van der Waals surface area contributed by atoms with E-state index in [0.29, 0.717) is 39.1 Å². The number of hydrogen-bond donors (Lipinski definition) is 0. The molecule has 1 aromatic heterocycles. The second-order valence-corrected chi connectivity index (χ2v) is 4.62. The van der Waals surface area contributed by atoms with Crippen LogP contribution in [0.3, 0.4) is 0 Å². The Bertz CT molecular complexity index is 403. The van der Waals surface area contributed by atoms with E-state index in [1.165, 1.54) is 0 Å². The fourth-order valence-electron chi connectivity index (χ4n) is 2.36. The first-order valence-electron chi connectivity index (χ1n) is 6.40. The van der Waals surface area contributed by atoms with Gasteiger partial charge in [-0.3, -0.25) is 9.48 Å². The standard InChI is InChI=1S/C13H20N2O3/c1-3-18-13(5-8-17-9-6-13)12(16)10-11-4-7-15(2)14-11/h4,7H,3,5-6,8-10H2,1-2H3. The molecule has 0 N–H and O–H groups in total. The number of aryl methyl sites for hydroxylation is 1. The van der Waals surface area contributed by atoms with Gasteiger partial charge in [0, 0.05) is 45.9 Å². The number of Topliss-reactive ketones (excluding diaryl/α,β-unsaturated/α-hetero) is 1. The van der Waals surface area contributed by atoms with E-state index >= 15 is 0 Å². The molecule has 100 valence electrons. The number of carbonyl (C=O) groups excluding carboxylic acids is 1. The SMILES string of the molecule is CCOC1(C(=O)Cc2ccn(C)n2)CCOCC1. The summed E-state index contributed by atoms with van der Waals surface area (Å²) in [5, 5.41) is 4.25. The van der Waals surface area contributed by atoms with Gasteiger partial charge in [-0.1, -0.05) is 0 Å². The van der Waals surface area contributed by atoms with Crippen LogP contribution in [0.15, 0.2) is 12.3 Å². The minimum Gasteiger partial charge on any atom is -0.381 e. The minimum atomic E-state index is -0.662. The summed E-state index contributed by atoms with van der Waals surface area (Å²) < 4.78 is 12.8. The topological polar surface area (TPSA) is 53.4 Å². The van der Waals surface area contributed by atoms with Crippen molar-refractivity contribution in [3.05, 3.63) is 18.0 Å². The van der Waals surface area contributed by atoms with Gasteiger partial charge in [0.05, 0.1) is 12.1 Å². The Hall–Kier alpha value is -1.20. The molecule has 0 unspecified atom stereocenters. The van der Waals surface area contributed by atoms with Gasteiger partial charge in [0.15, 0.2) is 5.78 Å². The van der Waals surface area contributed by atoms with E-state index < -0.39 is 5.60 Å². The number of carbonyl (C=O) groups is 1. The summed E-state index contributed by atoms with van der Waals surface area (Å²) in [5.41, 5.74) is 0.137. The van der Waals surface area contributed by atoms with Crippen LogP contribution in [0.25, 0.3) is 0 Å². The summed E-state index contributed by atoms with van der Waals surface area (Å²) in [7, 11) is 1.85. The monoisotopic (exact) mass is 252 g/mol. The smallest absolute Gasteiger partial charge is 0.170 e. The summed E-state index contributed by atoms with van der Waals surface area (Å²) in [6, 6.07) is 1.87. The van der Waals surface area contributed by atoms with Crippen molar-refractivity contribution in [1.82, 2.24) is 9.78 Å². The highest BCUT2D eigenvalue weighted by molar-refractivity contribution is 5.89. The van der Waals surface area contributed by atoms with Gasteiger partial charge in [-0.25, -0.2) is 0 Å². The van der Waals surface area contributed by atoms with Crippen LogP contribution in [0.1, 0.15) is 25.5 Å². The average molecular weight is 252 g/mol. The van der Waals surface area contributed by atoms with Gasteiger partial charge in [-0.05, 0) is 13.0 Å². The maximum absolute atomic E-state index is 12.5. The molecular weight excluding hydrogens is 232 g/mol. The summed E-state index contributed by atoms with van der Waals surface area (Å²) >= 11 is 0. The van der Waals surface area contributed by atoms with Crippen LogP contribution in [0, 0.1) is 0 Å². The number of rotatable bonds is 5. The first kappa shape index (κ1) is 13.2. The molecule has 1 aliphatic heterocycles. The fraction of sp³-hybridized carbons (Fsp3) is 0.692. The van der Waals surface area contributed by atoms with Gasteiger partial charge in [0.1, 0.15) is 5.60 Å². The molecule has 1 aromatic rings. The van der Waals surface area contributed by atoms with E-state index in [0.717, 1.165) is 5.69 Å². The van der Waals surface area contributed by atoms with Gasteiger partial charge >= 0.3 is 0 Å². The molecule has 5 nitrogen and oxygen atoms in total. The summed E-state index contributed by atoms with van der Waals surface area (Å²) in [4.78, 5) is 12.5. The molecule has 0 radical (unpaired) electrons. The van der Waals surface area contributed by atoms with Gasteiger partial charge < -0.3 is 9.47 Å². The molecule has 1 saturated heterocycles. The maximum atomic E-state index is 12.5. The van der Waals surface area contributed by atoms with Gasteiger partial charge in [0.2, 0.25) is 0 Å². The minimum absolute atomic E-state index is 0.117. The van der Waals surface area contributed by atoms with Crippen LogP contribution in [-0.2, 0) is 27.7 Å².